The molecule has 0 spiro atoms. The van der Waals surface area contributed by atoms with Gasteiger partial charge in [0.1, 0.15) is 0 Å². The molecule has 2 unspecified atom stereocenters. The van der Waals surface area contributed by atoms with E-state index in [0.717, 1.165) is 35.8 Å². The predicted molar refractivity (Wildman–Crippen MR) is 63.0 cm³/mol. The molecular weight excluding hydrogens is 272 g/mol. The van der Waals surface area contributed by atoms with Gasteiger partial charge in [-0.1, -0.05) is 12.8 Å². The van der Waals surface area contributed by atoms with Crippen LogP contribution in [-0.2, 0) is 9.53 Å². The van der Waals surface area contributed by atoms with Crippen LogP contribution in [0.1, 0.15) is 37.3 Å². The number of carbonyl (C=O) groups is 1. The Morgan fingerprint density at radius 1 is 1.56 bits per heavy atom. The summed E-state index contributed by atoms with van der Waals surface area (Å²) >= 11 is 3.45. The summed E-state index contributed by atoms with van der Waals surface area (Å²) in [7, 11) is 1.45. The van der Waals surface area contributed by atoms with E-state index in [2.05, 4.69) is 26.1 Å². The van der Waals surface area contributed by atoms with Crippen molar-refractivity contribution < 1.29 is 9.53 Å². The third-order valence-electron chi connectivity index (χ3n) is 3.26. The normalized spacial score (nSPS) is 25.4. The van der Waals surface area contributed by atoms with Crippen molar-refractivity contribution in [3.05, 3.63) is 16.4 Å². The first-order valence-corrected chi connectivity index (χ1v) is 6.30. The largest absolute Gasteiger partial charge is 0.469 e. The lowest BCUT2D eigenvalue weighted by Gasteiger charge is -2.28. The van der Waals surface area contributed by atoms with Crippen molar-refractivity contribution in [2.75, 3.05) is 7.11 Å². The number of rotatable bonds is 2. The maximum atomic E-state index is 11.7. The quantitative estimate of drug-likeness (QED) is 0.851. The molecule has 0 saturated heterocycles. The number of ether oxygens (including phenoxy) is 1. The van der Waals surface area contributed by atoms with Gasteiger partial charge in [0.25, 0.3) is 0 Å². The second-order valence-electron chi connectivity index (χ2n) is 4.15. The van der Waals surface area contributed by atoms with Crippen molar-refractivity contribution >= 4 is 21.9 Å². The lowest BCUT2D eigenvalue weighted by molar-refractivity contribution is -0.147. The molecule has 1 heterocycles. The first-order valence-electron chi connectivity index (χ1n) is 5.50. The molecular formula is C11H15BrN2O2. The van der Waals surface area contributed by atoms with E-state index < -0.39 is 0 Å². The minimum absolute atomic E-state index is 0.0319. The van der Waals surface area contributed by atoms with Crippen LogP contribution in [-0.4, -0.2) is 23.3 Å². The number of hydrogen-bond donors (Lipinski definition) is 1. The van der Waals surface area contributed by atoms with Crippen molar-refractivity contribution in [3.8, 4) is 0 Å². The van der Waals surface area contributed by atoms with Crippen LogP contribution in [0.5, 0.6) is 0 Å². The minimum Gasteiger partial charge on any atom is -0.469 e. The molecule has 0 bridgehead atoms. The Morgan fingerprint density at radius 3 is 2.94 bits per heavy atom. The van der Waals surface area contributed by atoms with Crippen LogP contribution in [0.25, 0.3) is 0 Å². The van der Waals surface area contributed by atoms with E-state index in [1.807, 2.05) is 0 Å². The molecule has 88 valence electrons. The van der Waals surface area contributed by atoms with Gasteiger partial charge in [-0.2, -0.15) is 5.10 Å². The Bertz CT molecular complexity index is 378. The van der Waals surface area contributed by atoms with E-state index in [4.69, 9.17) is 4.74 Å². The van der Waals surface area contributed by atoms with Crippen molar-refractivity contribution in [2.45, 2.75) is 31.6 Å². The maximum Gasteiger partial charge on any atom is 0.309 e. The molecule has 1 saturated carbocycles. The number of H-pyrrole nitrogens is 1. The van der Waals surface area contributed by atoms with Crippen molar-refractivity contribution in [1.82, 2.24) is 10.2 Å². The highest BCUT2D eigenvalue weighted by atomic mass is 79.9. The molecule has 1 N–H and O–H groups in total. The van der Waals surface area contributed by atoms with Crippen LogP contribution >= 0.6 is 15.9 Å². The highest BCUT2D eigenvalue weighted by Gasteiger charge is 2.34. The summed E-state index contributed by atoms with van der Waals surface area (Å²) in [5.41, 5.74) is 1.02. The predicted octanol–water partition coefficient (Wildman–Crippen LogP) is 2.62. The summed E-state index contributed by atoms with van der Waals surface area (Å²) in [5, 5.41) is 6.97. The number of hydrogen-bond acceptors (Lipinski definition) is 3. The van der Waals surface area contributed by atoms with Crippen LogP contribution in [0.4, 0.5) is 0 Å². The number of esters is 1. The summed E-state index contributed by atoms with van der Waals surface area (Å²) in [5.74, 6) is 0.0692. The van der Waals surface area contributed by atoms with E-state index in [1.165, 1.54) is 7.11 Å². The Kier molecular flexibility index (Phi) is 3.63. The van der Waals surface area contributed by atoms with E-state index in [-0.39, 0.29) is 17.8 Å². The number of nitrogens with one attached hydrogen (secondary N) is 1. The van der Waals surface area contributed by atoms with Crippen molar-refractivity contribution in [3.63, 3.8) is 0 Å². The zero-order valence-electron chi connectivity index (χ0n) is 9.20. The van der Waals surface area contributed by atoms with Gasteiger partial charge in [0.05, 0.1) is 29.4 Å². The van der Waals surface area contributed by atoms with E-state index in [9.17, 15) is 4.79 Å². The molecule has 1 aromatic heterocycles. The second-order valence-corrected chi connectivity index (χ2v) is 5.01. The molecule has 1 aromatic rings. The highest BCUT2D eigenvalue weighted by Crippen LogP contribution is 2.39. The average Bonchev–Trinajstić information content (AvgIpc) is 2.74. The number of aromatic amines is 1. The van der Waals surface area contributed by atoms with Gasteiger partial charge < -0.3 is 4.74 Å². The molecule has 0 aliphatic heterocycles. The topological polar surface area (TPSA) is 55.0 Å². The smallest absolute Gasteiger partial charge is 0.309 e. The molecule has 4 nitrogen and oxygen atoms in total. The Balaban J connectivity index is 2.23. The average molecular weight is 287 g/mol. The van der Waals surface area contributed by atoms with Gasteiger partial charge in [0, 0.05) is 5.92 Å². The van der Waals surface area contributed by atoms with Gasteiger partial charge in [-0.15, -0.1) is 0 Å². The maximum absolute atomic E-state index is 11.7. The van der Waals surface area contributed by atoms with Crippen molar-refractivity contribution in [1.29, 1.82) is 0 Å². The van der Waals surface area contributed by atoms with Crippen LogP contribution in [0.2, 0.25) is 0 Å². The molecule has 0 radical (unpaired) electrons. The molecule has 5 heteroatoms. The van der Waals surface area contributed by atoms with Gasteiger partial charge in [-0.25, -0.2) is 0 Å². The van der Waals surface area contributed by atoms with E-state index >= 15 is 0 Å². The zero-order valence-corrected chi connectivity index (χ0v) is 10.8. The van der Waals surface area contributed by atoms with Gasteiger partial charge in [0.2, 0.25) is 0 Å². The SMILES string of the molecule is COC(=O)C1CCCCC1c1[nH]ncc1Br. The Hall–Kier alpha value is -0.840. The van der Waals surface area contributed by atoms with Gasteiger partial charge in [-0.3, -0.25) is 9.89 Å². The number of aromatic nitrogens is 2. The summed E-state index contributed by atoms with van der Waals surface area (Å²) in [6, 6.07) is 0. The van der Waals surface area contributed by atoms with Gasteiger partial charge >= 0.3 is 5.97 Å². The Labute approximate surface area is 103 Å². The molecule has 2 atom stereocenters. The second kappa shape index (κ2) is 4.99. The van der Waals surface area contributed by atoms with Gasteiger partial charge in [0.15, 0.2) is 0 Å². The van der Waals surface area contributed by atoms with Crippen LogP contribution in [0.15, 0.2) is 10.7 Å². The lowest BCUT2D eigenvalue weighted by atomic mass is 9.77. The molecule has 16 heavy (non-hydrogen) atoms. The molecule has 1 aliphatic rings. The summed E-state index contributed by atoms with van der Waals surface area (Å²) in [6.07, 6.45) is 5.91. The molecule has 0 amide bonds. The third-order valence-corrected chi connectivity index (χ3v) is 3.89. The van der Waals surface area contributed by atoms with Crippen molar-refractivity contribution in [2.24, 2.45) is 5.92 Å². The van der Waals surface area contributed by atoms with Crippen LogP contribution in [0, 0.1) is 5.92 Å². The minimum atomic E-state index is -0.105. The highest BCUT2D eigenvalue weighted by molar-refractivity contribution is 9.10. The first-order chi connectivity index (χ1) is 7.74. The zero-order chi connectivity index (χ0) is 11.5. The van der Waals surface area contributed by atoms with E-state index in [0.29, 0.717) is 0 Å². The summed E-state index contributed by atoms with van der Waals surface area (Å²) < 4.78 is 5.82. The summed E-state index contributed by atoms with van der Waals surface area (Å²) in [6.45, 7) is 0. The monoisotopic (exact) mass is 286 g/mol. The number of carbonyl (C=O) groups excluding carboxylic acids is 1. The van der Waals surface area contributed by atoms with E-state index in [1.54, 1.807) is 6.20 Å². The third kappa shape index (κ3) is 2.14. The fourth-order valence-corrected chi connectivity index (χ4v) is 2.94. The fraction of sp³-hybridized carbons (Fsp3) is 0.636. The lowest BCUT2D eigenvalue weighted by Crippen LogP contribution is -2.27. The summed E-state index contributed by atoms with van der Waals surface area (Å²) in [4.78, 5) is 11.7. The van der Waals surface area contributed by atoms with Gasteiger partial charge in [-0.05, 0) is 28.8 Å². The fourth-order valence-electron chi connectivity index (χ4n) is 2.45. The first kappa shape index (κ1) is 11.6. The molecule has 1 aliphatic carbocycles. The Morgan fingerprint density at radius 2 is 2.31 bits per heavy atom. The number of nitrogens with zero attached hydrogens (tertiary/aromatic N) is 1. The van der Waals surface area contributed by atoms with Crippen LogP contribution < -0.4 is 0 Å². The molecule has 1 fully saturated rings. The van der Waals surface area contributed by atoms with Crippen LogP contribution in [0.3, 0.4) is 0 Å². The number of methoxy groups -OCH3 is 1. The molecule has 0 aromatic carbocycles. The molecule has 2 rings (SSSR count). The standard InChI is InChI=1S/C11H15BrN2O2/c1-16-11(15)8-5-3-2-4-7(8)10-9(12)6-13-14-10/h6-8H,2-5H2,1H3,(H,13,14). The number of halogens is 1.